The Morgan fingerprint density at radius 3 is 1.35 bits per heavy atom. The molecular weight excluding hydrogens is 320 g/mol. The smallest absolute Gasteiger partial charge is 0.303 e. The molecule has 2 heteroatoms. The van der Waals surface area contributed by atoms with Crippen LogP contribution in [0.25, 0.3) is 0 Å². The Labute approximate surface area is 164 Å². The van der Waals surface area contributed by atoms with E-state index in [1.54, 1.807) is 0 Å². The summed E-state index contributed by atoms with van der Waals surface area (Å²) in [5.74, 6) is 0.315. The Bertz CT molecular complexity index is 288. The highest BCUT2D eigenvalue weighted by Gasteiger charge is 2.08. The number of aliphatic carboxylic acids is 1. The second-order valence-corrected chi connectivity index (χ2v) is 8.33. The first kappa shape index (κ1) is 25.5. The number of carbonyl (C=O) groups is 1. The van der Waals surface area contributed by atoms with Gasteiger partial charge in [-0.3, -0.25) is 4.79 Å². The minimum absolute atomic E-state index is 0.345. The van der Waals surface area contributed by atoms with Crippen molar-refractivity contribution < 1.29 is 9.90 Å². The van der Waals surface area contributed by atoms with E-state index < -0.39 is 5.97 Å². The maximum Gasteiger partial charge on any atom is 0.303 e. The molecule has 26 heavy (non-hydrogen) atoms. The Morgan fingerprint density at radius 1 is 0.577 bits per heavy atom. The first-order chi connectivity index (χ1) is 12.7. The molecule has 0 aromatic rings. The van der Waals surface area contributed by atoms with Gasteiger partial charge in [0.1, 0.15) is 0 Å². The van der Waals surface area contributed by atoms with Crippen LogP contribution in [-0.4, -0.2) is 11.1 Å². The Hall–Kier alpha value is -0.530. The van der Waals surface area contributed by atoms with Gasteiger partial charge in [0.25, 0.3) is 0 Å². The topological polar surface area (TPSA) is 37.3 Å². The molecule has 0 aliphatic carbocycles. The van der Waals surface area contributed by atoms with Crippen LogP contribution in [-0.2, 0) is 4.79 Å². The van der Waals surface area contributed by atoms with E-state index >= 15 is 0 Å². The number of unbranched alkanes of at least 4 members (excludes halogenated alkanes) is 13. The van der Waals surface area contributed by atoms with Gasteiger partial charge < -0.3 is 5.11 Å². The monoisotopic (exact) mass is 368 g/mol. The number of hydrogen-bond donors (Lipinski definition) is 1. The standard InChI is InChI=1S/C24H48O2/c1-3-5-7-9-12-16-20-23(19-15-8-6-4-2)21-17-13-10-11-14-18-22-24(25)26/h23H,3-22H2,1-2H3,(H,25,26). The third-order valence-corrected chi connectivity index (χ3v) is 5.68. The SMILES string of the molecule is CCCCCCCCC(CCCCCC)CCCCCCCCC(=O)O. The molecular formula is C24H48O2. The van der Waals surface area contributed by atoms with Gasteiger partial charge in [-0.05, 0) is 12.3 Å². The molecule has 0 saturated carbocycles. The first-order valence-electron chi connectivity index (χ1n) is 11.9. The van der Waals surface area contributed by atoms with E-state index in [1.165, 1.54) is 109 Å². The van der Waals surface area contributed by atoms with E-state index in [1.807, 2.05) is 0 Å². The molecule has 1 atom stereocenters. The van der Waals surface area contributed by atoms with Crippen LogP contribution in [0.4, 0.5) is 0 Å². The van der Waals surface area contributed by atoms with Gasteiger partial charge in [0.2, 0.25) is 0 Å². The van der Waals surface area contributed by atoms with Crippen LogP contribution >= 0.6 is 0 Å². The molecule has 0 fully saturated rings. The fourth-order valence-corrected chi connectivity index (χ4v) is 3.92. The summed E-state index contributed by atoms with van der Waals surface area (Å²) in [5, 5.41) is 8.65. The average Bonchev–Trinajstić information content (AvgIpc) is 2.62. The van der Waals surface area contributed by atoms with Crippen LogP contribution in [0.3, 0.4) is 0 Å². The molecule has 0 spiro atoms. The average molecular weight is 369 g/mol. The van der Waals surface area contributed by atoms with Crippen molar-refractivity contribution in [2.75, 3.05) is 0 Å². The summed E-state index contributed by atoms with van der Waals surface area (Å²) in [4.78, 5) is 10.5. The second-order valence-electron chi connectivity index (χ2n) is 8.33. The van der Waals surface area contributed by atoms with Gasteiger partial charge in [-0.1, -0.05) is 129 Å². The lowest BCUT2D eigenvalue weighted by Crippen LogP contribution is -2.01. The molecule has 0 amide bonds. The van der Waals surface area contributed by atoms with Gasteiger partial charge in [-0.15, -0.1) is 0 Å². The summed E-state index contributed by atoms with van der Waals surface area (Å²) in [6, 6.07) is 0. The molecule has 0 aromatic heterocycles. The lowest BCUT2D eigenvalue weighted by atomic mass is 9.89. The first-order valence-corrected chi connectivity index (χ1v) is 11.9. The highest BCUT2D eigenvalue weighted by molar-refractivity contribution is 5.66. The molecule has 0 saturated heterocycles. The zero-order valence-electron chi connectivity index (χ0n) is 18.1. The number of carboxylic acid groups (broad SMARTS) is 1. The highest BCUT2D eigenvalue weighted by atomic mass is 16.4. The summed E-state index contributed by atoms with van der Waals surface area (Å²) < 4.78 is 0. The quantitative estimate of drug-likeness (QED) is 0.206. The normalized spacial score (nSPS) is 12.4. The van der Waals surface area contributed by atoms with Gasteiger partial charge in [-0.2, -0.15) is 0 Å². The largest absolute Gasteiger partial charge is 0.481 e. The predicted molar refractivity (Wildman–Crippen MR) is 115 cm³/mol. The zero-order valence-corrected chi connectivity index (χ0v) is 18.1. The molecule has 0 heterocycles. The van der Waals surface area contributed by atoms with E-state index in [-0.39, 0.29) is 0 Å². The second kappa shape index (κ2) is 20.8. The molecule has 0 bridgehead atoms. The van der Waals surface area contributed by atoms with Crippen molar-refractivity contribution in [1.29, 1.82) is 0 Å². The minimum atomic E-state index is -0.648. The molecule has 0 aliphatic heterocycles. The van der Waals surface area contributed by atoms with Crippen LogP contribution < -0.4 is 0 Å². The van der Waals surface area contributed by atoms with Crippen molar-refractivity contribution in [3.8, 4) is 0 Å². The molecule has 0 aromatic carbocycles. The summed E-state index contributed by atoms with van der Waals surface area (Å²) in [6.07, 6.45) is 26.0. The van der Waals surface area contributed by atoms with E-state index in [2.05, 4.69) is 13.8 Å². The van der Waals surface area contributed by atoms with Crippen LogP contribution in [0.15, 0.2) is 0 Å². The van der Waals surface area contributed by atoms with Crippen molar-refractivity contribution in [2.45, 2.75) is 142 Å². The summed E-state index contributed by atoms with van der Waals surface area (Å²) in [5.41, 5.74) is 0. The number of hydrogen-bond acceptors (Lipinski definition) is 1. The van der Waals surface area contributed by atoms with E-state index in [4.69, 9.17) is 5.11 Å². The van der Waals surface area contributed by atoms with Crippen LogP contribution in [0.1, 0.15) is 142 Å². The van der Waals surface area contributed by atoms with Crippen LogP contribution in [0.5, 0.6) is 0 Å². The fraction of sp³-hybridized carbons (Fsp3) is 0.958. The van der Waals surface area contributed by atoms with Gasteiger partial charge in [0.15, 0.2) is 0 Å². The molecule has 156 valence electrons. The van der Waals surface area contributed by atoms with Crippen molar-refractivity contribution in [3.05, 3.63) is 0 Å². The van der Waals surface area contributed by atoms with Gasteiger partial charge >= 0.3 is 5.97 Å². The Balaban J connectivity index is 3.72. The van der Waals surface area contributed by atoms with Crippen molar-refractivity contribution in [2.24, 2.45) is 5.92 Å². The van der Waals surface area contributed by atoms with Gasteiger partial charge in [-0.25, -0.2) is 0 Å². The zero-order chi connectivity index (χ0) is 19.3. The maximum absolute atomic E-state index is 10.5. The molecule has 0 rings (SSSR count). The molecule has 1 unspecified atom stereocenters. The molecule has 0 aliphatic rings. The van der Waals surface area contributed by atoms with Gasteiger partial charge in [0, 0.05) is 6.42 Å². The van der Waals surface area contributed by atoms with Crippen molar-refractivity contribution in [3.63, 3.8) is 0 Å². The van der Waals surface area contributed by atoms with Crippen molar-refractivity contribution >= 4 is 5.97 Å². The lowest BCUT2D eigenvalue weighted by molar-refractivity contribution is -0.137. The highest BCUT2D eigenvalue weighted by Crippen LogP contribution is 2.24. The number of rotatable bonds is 21. The minimum Gasteiger partial charge on any atom is -0.481 e. The molecule has 2 nitrogen and oxygen atoms in total. The van der Waals surface area contributed by atoms with Crippen LogP contribution in [0.2, 0.25) is 0 Å². The summed E-state index contributed by atoms with van der Waals surface area (Å²) in [7, 11) is 0. The van der Waals surface area contributed by atoms with Crippen molar-refractivity contribution in [1.82, 2.24) is 0 Å². The van der Waals surface area contributed by atoms with E-state index in [0.717, 1.165) is 18.8 Å². The van der Waals surface area contributed by atoms with E-state index in [0.29, 0.717) is 6.42 Å². The Morgan fingerprint density at radius 2 is 0.923 bits per heavy atom. The fourth-order valence-electron chi connectivity index (χ4n) is 3.92. The van der Waals surface area contributed by atoms with E-state index in [9.17, 15) is 4.79 Å². The third-order valence-electron chi connectivity index (χ3n) is 5.68. The summed E-state index contributed by atoms with van der Waals surface area (Å²) in [6.45, 7) is 4.59. The number of carboxylic acids is 1. The third kappa shape index (κ3) is 19.8. The molecule has 1 N–H and O–H groups in total. The van der Waals surface area contributed by atoms with Crippen LogP contribution in [0, 0.1) is 5.92 Å². The predicted octanol–water partition coefficient (Wildman–Crippen LogP) is 8.53. The molecule has 0 radical (unpaired) electrons. The Kier molecular flexibility index (Phi) is 20.4. The summed E-state index contributed by atoms with van der Waals surface area (Å²) >= 11 is 0. The van der Waals surface area contributed by atoms with Gasteiger partial charge in [0.05, 0.1) is 0 Å². The maximum atomic E-state index is 10.5. The lowest BCUT2D eigenvalue weighted by Gasteiger charge is -2.17.